The van der Waals surface area contributed by atoms with E-state index in [-0.39, 0.29) is 0 Å². The van der Waals surface area contributed by atoms with Crippen LogP contribution in [-0.2, 0) is 13.3 Å². The summed E-state index contributed by atoms with van der Waals surface area (Å²) < 4.78 is 17.4. The molecule has 0 radical (unpaired) electrons. The molecule has 0 saturated carbocycles. The Morgan fingerprint density at radius 1 is 0.750 bits per heavy atom. The van der Waals surface area contributed by atoms with Gasteiger partial charge in [-0.25, -0.2) is 0 Å². The van der Waals surface area contributed by atoms with Crippen molar-refractivity contribution in [3.05, 3.63) is 0 Å². The maximum Gasteiger partial charge on any atom is 0.515 e. The second-order valence-corrected chi connectivity index (χ2v) is 7.26. The van der Waals surface area contributed by atoms with Gasteiger partial charge in [0.1, 0.15) is 0 Å². The van der Waals surface area contributed by atoms with E-state index >= 15 is 0 Å². The van der Waals surface area contributed by atoms with Crippen LogP contribution in [0.25, 0.3) is 0 Å². The molecule has 0 aliphatic carbocycles. The molecule has 20 heavy (non-hydrogen) atoms. The van der Waals surface area contributed by atoms with E-state index in [1.54, 1.807) is 0 Å². The molecule has 5 nitrogen and oxygen atoms in total. The summed E-state index contributed by atoms with van der Waals surface area (Å²) in [5.41, 5.74) is 0. The van der Waals surface area contributed by atoms with Gasteiger partial charge in [0, 0.05) is 19.8 Å². The predicted molar refractivity (Wildman–Crippen MR) is 85.9 cm³/mol. The Morgan fingerprint density at radius 3 is 1.70 bits per heavy atom. The second kappa shape index (κ2) is 14.0. The van der Waals surface area contributed by atoms with Crippen LogP contribution in [0.15, 0.2) is 0 Å². The molecule has 0 aromatic rings. The molecule has 2 N–H and O–H groups in total. The molecule has 0 atom stereocenters. The van der Waals surface area contributed by atoms with Crippen molar-refractivity contribution in [2.45, 2.75) is 46.5 Å². The molecule has 0 amide bonds. The highest BCUT2D eigenvalue weighted by Crippen LogP contribution is 2.09. The van der Waals surface area contributed by atoms with Crippen molar-refractivity contribution in [2.75, 3.05) is 46.1 Å². The minimum Gasteiger partial charge on any atom is -0.373 e. The third-order valence-corrected chi connectivity index (χ3v) is 5.83. The summed E-state index contributed by atoms with van der Waals surface area (Å²) in [5.74, 6) is 0. The van der Waals surface area contributed by atoms with E-state index in [1.807, 2.05) is 27.8 Å². The van der Waals surface area contributed by atoms with Gasteiger partial charge in [-0.15, -0.1) is 0 Å². The summed E-state index contributed by atoms with van der Waals surface area (Å²) in [4.78, 5) is 0. The van der Waals surface area contributed by atoms with Crippen molar-refractivity contribution in [3.8, 4) is 0 Å². The Kier molecular flexibility index (Phi) is 14.0. The van der Waals surface area contributed by atoms with E-state index in [0.29, 0.717) is 26.0 Å². The van der Waals surface area contributed by atoms with Crippen LogP contribution in [0.4, 0.5) is 0 Å². The summed E-state index contributed by atoms with van der Waals surface area (Å²) in [6, 6.07) is 0. The molecular weight excluding hydrogens is 272 g/mol. The van der Waals surface area contributed by atoms with Crippen LogP contribution < -0.4 is 10.6 Å². The molecule has 122 valence electrons. The molecule has 0 aromatic carbocycles. The van der Waals surface area contributed by atoms with E-state index in [4.69, 9.17) is 13.3 Å². The Hall–Kier alpha value is 0.0169. The number of rotatable bonds is 15. The average molecular weight is 307 g/mol. The van der Waals surface area contributed by atoms with Crippen LogP contribution in [0.5, 0.6) is 0 Å². The molecular formula is C14H34N2O3Si. The van der Waals surface area contributed by atoms with Crippen molar-refractivity contribution in [1.29, 1.82) is 0 Å². The van der Waals surface area contributed by atoms with Gasteiger partial charge in [-0.3, -0.25) is 0 Å². The van der Waals surface area contributed by atoms with E-state index in [0.717, 1.165) is 13.1 Å². The van der Waals surface area contributed by atoms with Crippen LogP contribution in [0.1, 0.15) is 46.5 Å². The van der Waals surface area contributed by atoms with Crippen LogP contribution in [0.2, 0.25) is 0 Å². The first-order valence-electron chi connectivity index (χ1n) is 8.01. The molecule has 0 bridgehead atoms. The lowest BCUT2D eigenvalue weighted by atomic mass is 10.2. The summed E-state index contributed by atoms with van der Waals surface area (Å²) >= 11 is 0. The normalized spacial score (nSPS) is 12.0. The predicted octanol–water partition coefficient (Wildman–Crippen LogP) is 1.94. The third-order valence-electron chi connectivity index (χ3n) is 2.96. The number of hydrogen-bond acceptors (Lipinski definition) is 5. The maximum atomic E-state index is 5.79. The van der Waals surface area contributed by atoms with Gasteiger partial charge in [-0.2, -0.15) is 0 Å². The van der Waals surface area contributed by atoms with Gasteiger partial charge in [0.2, 0.25) is 0 Å². The Labute approximate surface area is 126 Å². The van der Waals surface area contributed by atoms with Gasteiger partial charge in [0.05, 0.1) is 6.17 Å². The first-order valence-corrected chi connectivity index (χ1v) is 9.95. The van der Waals surface area contributed by atoms with Crippen molar-refractivity contribution in [2.24, 2.45) is 0 Å². The van der Waals surface area contributed by atoms with Gasteiger partial charge < -0.3 is 23.9 Å². The highest BCUT2D eigenvalue weighted by Gasteiger charge is 2.39. The number of unbranched alkanes of at least 4 members (excludes halogenated alkanes) is 3. The van der Waals surface area contributed by atoms with Gasteiger partial charge >= 0.3 is 8.80 Å². The van der Waals surface area contributed by atoms with Gasteiger partial charge in [-0.1, -0.05) is 12.8 Å². The topological polar surface area (TPSA) is 51.8 Å². The largest absolute Gasteiger partial charge is 0.515 e. The zero-order valence-electron chi connectivity index (χ0n) is 13.8. The molecule has 0 saturated heterocycles. The van der Waals surface area contributed by atoms with Crippen molar-refractivity contribution >= 4 is 8.80 Å². The van der Waals surface area contributed by atoms with E-state index in [9.17, 15) is 0 Å². The zero-order valence-corrected chi connectivity index (χ0v) is 14.8. The van der Waals surface area contributed by atoms with Crippen molar-refractivity contribution < 1.29 is 13.3 Å². The third kappa shape index (κ3) is 9.85. The SMILES string of the molecule is CCO[Si](CNCCCCCCNC)(OCC)OCC. The first-order chi connectivity index (χ1) is 9.74. The number of nitrogens with one attached hydrogen (secondary N) is 2. The average Bonchev–Trinajstić information content (AvgIpc) is 2.43. The van der Waals surface area contributed by atoms with Crippen LogP contribution >= 0.6 is 0 Å². The summed E-state index contributed by atoms with van der Waals surface area (Å²) in [5, 5.41) is 6.61. The summed E-state index contributed by atoms with van der Waals surface area (Å²) in [7, 11) is -0.497. The maximum absolute atomic E-state index is 5.79. The van der Waals surface area contributed by atoms with Gasteiger partial charge in [0.15, 0.2) is 0 Å². The fraction of sp³-hybridized carbons (Fsp3) is 1.00. The molecule has 6 heteroatoms. The highest BCUT2D eigenvalue weighted by atomic mass is 28.4. The van der Waals surface area contributed by atoms with E-state index < -0.39 is 8.80 Å². The number of hydrogen-bond donors (Lipinski definition) is 2. The first kappa shape index (κ1) is 20.0. The smallest absolute Gasteiger partial charge is 0.373 e. The Morgan fingerprint density at radius 2 is 1.25 bits per heavy atom. The summed E-state index contributed by atoms with van der Waals surface area (Å²) in [6.45, 7) is 9.99. The lowest BCUT2D eigenvalue weighted by Gasteiger charge is -2.28. The Bertz CT molecular complexity index is 192. The van der Waals surface area contributed by atoms with E-state index in [1.165, 1.54) is 25.7 Å². The zero-order chi connectivity index (χ0) is 15.1. The van der Waals surface area contributed by atoms with Crippen LogP contribution in [0.3, 0.4) is 0 Å². The molecule has 0 spiro atoms. The van der Waals surface area contributed by atoms with Crippen molar-refractivity contribution in [1.82, 2.24) is 10.6 Å². The Balaban J connectivity index is 3.82. The molecule has 0 fully saturated rings. The highest BCUT2D eigenvalue weighted by molar-refractivity contribution is 6.60. The van der Waals surface area contributed by atoms with E-state index in [2.05, 4.69) is 10.6 Å². The molecule has 0 aromatic heterocycles. The van der Waals surface area contributed by atoms with Gasteiger partial charge in [0.25, 0.3) is 0 Å². The quantitative estimate of drug-likeness (QED) is 0.358. The lowest BCUT2D eigenvalue weighted by Crippen LogP contribution is -2.54. The fourth-order valence-corrected chi connectivity index (χ4v) is 4.44. The second-order valence-electron chi connectivity index (χ2n) is 4.68. The van der Waals surface area contributed by atoms with Crippen molar-refractivity contribution in [3.63, 3.8) is 0 Å². The monoisotopic (exact) mass is 306 g/mol. The molecule has 0 unspecified atom stereocenters. The molecule has 0 aliphatic heterocycles. The minimum atomic E-state index is -2.50. The fourth-order valence-electron chi connectivity index (χ4n) is 2.08. The molecule has 0 heterocycles. The standard InChI is InChI=1S/C14H34N2O3Si/c1-5-17-20(18-6-2,19-7-3)14-16-13-11-9-8-10-12-15-4/h15-16H,5-14H2,1-4H3. The lowest BCUT2D eigenvalue weighted by molar-refractivity contribution is 0.0701. The molecule has 0 aliphatic rings. The van der Waals surface area contributed by atoms with Crippen LogP contribution in [0, 0.1) is 0 Å². The molecule has 0 rings (SSSR count). The van der Waals surface area contributed by atoms with Gasteiger partial charge in [-0.05, 0) is 53.8 Å². The minimum absolute atomic E-state index is 0.637. The van der Waals surface area contributed by atoms with Crippen LogP contribution in [-0.4, -0.2) is 54.9 Å². The summed E-state index contributed by atoms with van der Waals surface area (Å²) in [6.07, 6.45) is 5.71.